The van der Waals surface area contributed by atoms with Crippen molar-refractivity contribution in [1.82, 2.24) is 4.57 Å². The van der Waals surface area contributed by atoms with E-state index in [0.29, 0.717) is 52.2 Å². The van der Waals surface area contributed by atoms with Crippen LogP contribution in [0.1, 0.15) is 36.6 Å². The predicted molar refractivity (Wildman–Crippen MR) is 183 cm³/mol. The second-order valence-electron chi connectivity index (χ2n) is 10.3. The standard InChI is InChI=1S/C33H30BrCl2N3O5S/c1-6-43-32(41)28-18(2)37-33-39(29(28)20-8-11-23(12-9-20)38(3)4)31(40)27(45-33)15-19-13-24(34)30(26(14-19)42-5)44-17-21-7-10-22(35)16-25(21)36/h7-16,29H,6,17H2,1-5H3/b27-15-/t29-/m1/s1. The number of thiazole rings is 1. The number of aromatic nitrogens is 1. The number of carbonyl (C=O) groups excluding carboxylic acids is 1. The third kappa shape index (κ3) is 6.84. The van der Waals surface area contributed by atoms with E-state index in [1.54, 1.807) is 55.9 Å². The van der Waals surface area contributed by atoms with Gasteiger partial charge in [-0.1, -0.05) is 52.7 Å². The minimum absolute atomic E-state index is 0.195. The van der Waals surface area contributed by atoms with Crippen molar-refractivity contribution in [3.63, 3.8) is 0 Å². The average Bonchev–Trinajstić information content (AvgIpc) is 3.30. The summed E-state index contributed by atoms with van der Waals surface area (Å²) in [5, 5.41) is 1.04. The molecule has 0 unspecified atom stereocenters. The van der Waals surface area contributed by atoms with Crippen LogP contribution in [0.5, 0.6) is 11.5 Å². The largest absolute Gasteiger partial charge is 0.493 e. The molecule has 1 atom stereocenters. The molecule has 3 aromatic carbocycles. The van der Waals surface area contributed by atoms with Crippen molar-refractivity contribution in [2.45, 2.75) is 26.5 Å². The fourth-order valence-corrected chi connectivity index (χ4v) is 7.05. The Morgan fingerprint density at radius 3 is 2.51 bits per heavy atom. The van der Waals surface area contributed by atoms with Crippen molar-refractivity contribution >= 4 is 68.2 Å². The minimum atomic E-state index is -0.699. The number of anilines is 1. The Balaban J connectivity index is 1.57. The van der Waals surface area contributed by atoms with Gasteiger partial charge in [0.25, 0.3) is 5.56 Å². The van der Waals surface area contributed by atoms with Crippen LogP contribution in [-0.2, 0) is 16.1 Å². The zero-order valence-corrected chi connectivity index (χ0v) is 29.1. The van der Waals surface area contributed by atoms with E-state index in [-0.39, 0.29) is 18.8 Å². The molecule has 1 aliphatic rings. The minimum Gasteiger partial charge on any atom is -0.493 e. The summed E-state index contributed by atoms with van der Waals surface area (Å²) < 4.78 is 19.8. The van der Waals surface area contributed by atoms with Crippen LogP contribution in [0.25, 0.3) is 6.08 Å². The Morgan fingerprint density at radius 1 is 1.13 bits per heavy atom. The number of esters is 1. The Bertz CT molecular complexity index is 1990. The normalized spacial score (nSPS) is 14.6. The number of nitrogens with zero attached hydrogens (tertiary/aromatic N) is 3. The van der Waals surface area contributed by atoms with E-state index in [4.69, 9.17) is 37.4 Å². The van der Waals surface area contributed by atoms with Crippen LogP contribution in [0.2, 0.25) is 10.0 Å². The molecule has 12 heteroatoms. The number of fused-ring (bicyclic) bond motifs is 1. The maximum atomic E-state index is 14.0. The van der Waals surface area contributed by atoms with Crippen LogP contribution in [0.3, 0.4) is 0 Å². The van der Waals surface area contributed by atoms with Gasteiger partial charge in [-0.05, 0) is 83.4 Å². The zero-order valence-electron chi connectivity index (χ0n) is 25.2. The van der Waals surface area contributed by atoms with Crippen molar-refractivity contribution in [1.29, 1.82) is 0 Å². The number of rotatable bonds is 9. The fourth-order valence-electron chi connectivity index (χ4n) is 4.96. The summed E-state index contributed by atoms with van der Waals surface area (Å²) in [6.07, 6.45) is 1.77. The molecule has 0 fully saturated rings. The number of ether oxygens (including phenoxy) is 3. The van der Waals surface area contributed by atoms with Crippen molar-refractivity contribution < 1.29 is 19.0 Å². The zero-order chi connectivity index (χ0) is 32.4. The second kappa shape index (κ2) is 13.8. The highest BCUT2D eigenvalue weighted by molar-refractivity contribution is 9.10. The van der Waals surface area contributed by atoms with E-state index >= 15 is 0 Å². The molecule has 234 valence electrons. The van der Waals surface area contributed by atoms with E-state index in [1.165, 1.54) is 11.3 Å². The smallest absolute Gasteiger partial charge is 0.338 e. The molecule has 0 saturated carbocycles. The van der Waals surface area contributed by atoms with Crippen LogP contribution in [-0.4, -0.2) is 38.3 Å². The van der Waals surface area contributed by atoms with Gasteiger partial charge in [0.15, 0.2) is 16.3 Å². The van der Waals surface area contributed by atoms with Crippen molar-refractivity contribution in [2.24, 2.45) is 4.99 Å². The highest BCUT2D eigenvalue weighted by Crippen LogP contribution is 2.38. The summed E-state index contributed by atoms with van der Waals surface area (Å²) in [5.41, 5.74) is 3.81. The highest BCUT2D eigenvalue weighted by atomic mass is 79.9. The molecule has 0 spiro atoms. The van der Waals surface area contributed by atoms with Gasteiger partial charge in [0, 0.05) is 35.4 Å². The quantitative estimate of drug-likeness (QED) is 0.183. The molecule has 0 bridgehead atoms. The highest BCUT2D eigenvalue weighted by Gasteiger charge is 2.33. The maximum Gasteiger partial charge on any atom is 0.338 e. The lowest BCUT2D eigenvalue weighted by atomic mass is 9.95. The average molecular weight is 731 g/mol. The summed E-state index contributed by atoms with van der Waals surface area (Å²) in [5.74, 6) is 0.449. The maximum absolute atomic E-state index is 14.0. The monoisotopic (exact) mass is 729 g/mol. The predicted octanol–water partition coefficient (Wildman–Crippen LogP) is 6.52. The summed E-state index contributed by atoms with van der Waals surface area (Å²) >= 11 is 17.2. The molecular formula is C33H30BrCl2N3O5S. The Morgan fingerprint density at radius 2 is 1.87 bits per heavy atom. The molecular weight excluding hydrogens is 701 g/mol. The molecule has 5 rings (SSSR count). The molecule has 1 aliphatic heterocycles. The molecule has 0 radical (unpaired) electrons. The van der Waals surface area contributed by atoms with Crippen molar-refractivity contribution in [3.05, 3.63) is 117 Å². The Hall–Kier alpha value is -3.57. The van der Waals surface area contributed by atoms with Gasteiger partial charge >= 0.3 is 5.97 Å². The number of hydrogen-bond acceptors (Lipinski definition) is 8. The lowest BCUT2D eigenvalue weighted by molar-refractivity contribution is -0.139. The molecule has 0 amide bonds. The van der Waals surface area contributed by atoms with Crippen molar-refractivity contribution in [3.8, 4) is 11.5 Å². The summed E-state index contributed by atoms with van der Waals surface area (Å²) in [6.45, 7) is 3.91. The lowest BCUT2D eigenvalue weighted by Gasteiger charge is -2.25. The number of hydrogen-bond donors (Lipinski definition) is 0. The number of halogens is 3. The second-order valence-corrected chi connectivity index (χ2v) is 13.1. The van der Waals surface area contributed by atoms with Crippen molar-refractivity contribution in [2.75, 3.05) is 32.7 Å². The Kier molecular flexibility index (Phi) is 10.1. The van der Waals surface area contributed by atoms with Crippen LogP contribution in [0, 0.1) is 0 Å². The van der Waals surface area contributed by atoms with Gasteiger partial charge in [0.1, 0.15) is 6.61 Å². The molecule has 8 nitrogen and oxygen atoms in total. The van der Waals surface area contributed by atoms with Gasteiger partial charge < -0.3 is 19.1 Å². The first-order valence-corrected chi connectivity index (χ1v) is 16.3. The molecule has 2 heterocycles. The molecule has 45 heavy (non-hydrogen) atoms. The van der Waals surface area contributed by atoms with Gasteiger partial charge in [-0.25, -0.2) is 9.79 Å². The number of methoxy groups -OCH3 is 1. The van der Waals surface area contributed by atoms with E-state index in [9.17, 15) is 9.59 Å². The van der Waals surface area contributed by atoms with Crippen LogP contribution in [0.4, 0.5) is 5.69 Å². The first-order chi connectivity index (χ1) is 21.5. The van der Waals surface area contributed by atoms with Gasteiger partial charge in [0.2, 0.25) is 0 Å². The number of carbonyl (C=O) groups is 1. The summed E-state index contributed by atoms with van der Waals surface area (Å²) in [4.78, 5) is 34.4. The first kappa shape index (κ1) is 32.8. The molecule has 0 aliphatic carbocycles. The van der Waals surface area contributed by atoms with Gasteiger partial charge in [-0.2, -0.15) is 0 Å². The topological polar surface area (TPSA) is 82.4 Å². The SMILES string of the molecule is CCOC(=O)C1=C(C)N=c2s/c(=C\c3cc(Br)c(OCc4ccc(Cl)cc4Cl)c(OC)c3)c(=O)n2[C@@H]1c1ccc(N(C)C)cc1. The van der Waals surface area contributed by atoms with Crippen LogP contribution >= 0.6 is 50.5 Å². The number of benzene rings is 3. The first-order valence-electron chi connectivity index (χ1n) is 13.9. The third-order valence-electron chi connectivity index (χ3n) is 7.18. The molecule has 4 aromatic rings. The van der Waals surface area contributed by atoms with Gasteiger partial charge in [0.05, 0.1) is 40.0 Å². The summed E-state index contributed by atoms with van der Waals surface area (Å²) in [6, 6.07) is 15.9. The van der Waals surface area contributed by atoms with Gasteiger partial charge in [-0.3, -0.25) is 9.36 Å². The van der Waals surface area contributed by atoms with Crippen LogP contribution in [0.15, 0.2) is 80.1 Å². The number of allylic oxidation sites excluding steroid dienone is 1. The van der Waals surface area contributed by atoms with Crippen LogP contribution < -0.4 is 29.3 Å². The van der Waals surface area contributed by atoms with E-state index in [1.807, 2.05) is 49.3 Å². The van der Waals surface area contributed by atoms with E-state index in [2.05, 4.69) is 20.9 Å². The van der Waals surface area contributed by atoms with E-state index in [0.717, 1.165) is 16.8 Å². The third-order valence-corrected chi connectivity index (χ3v) is 9.34. The Labute approximate surface area is 282 Å². The van der Waals surface area contributed by atoms with E-state index < -0.39 is 12.0 Å². The molecule has 0 N–H and O–H groups in total. The lowest BCUT2D eigenvalue weighted by Crippen LogP contribution is -2.39. The summed E-state index contributed by atoms with van der Waals surface area (Å²) in [7, 11) is 5.45. The molecule has 1 aromatic heterocycles. The van der Waals surface area contributed by atoms with Gasteiger partial charge in [-0.15, -0.1) is 0 Å². The molecule has 0 saturated heterocycles. The fraction of sp³-hybridized carbons (Fsp3) is 0.242.